The molecule has 0 radical (unpaired) electrons. The van der Waals surface area contributed by atoms with Gasteiger partial charge in [0.25, 0.3) is 0 Å². The van der Waals surface area contributed by atoms with Crippen LogP contribution in [-0.4, -0.2) is 0 Å². The van der Waals surface area contributed by atoms with Crippen molar-refractivity contribution in [3.63, 3.8) is 0 Å². The summed E-state index contributed by atoms with van der Waals surface area (Å²) in [7, 11) is 0. The molecule has 0 nitrogen and oxygen atoms in total. The Kier molecular flexibility index (Phi) is 10.2. The highest BCUT2D eigenvalue weighted by atomic mass is 14.0. The van der Waals surface area contributed by atoms with Gasteiger partial charge in [0, 0.05) is 0 Å². The van der Waals surface area contributed by atoms with Gasteiger partial charge in [-0.15, -0.1) is 0 Å². The highest BCUT2D eigenvalue weighted by Crippen LogP contribution is 2.13. The first-order valence-electron chi connectivity index (χ1n) is 6.14. The monoisotopic (exact) mass is 194 g/mol. The maximum Gasteiger partial charge on any atom is -0.0139 e. The van der Waals surface area contributed by atoms with Gasteiger partial charge in [0.1, 0.15) is 0 Å². The number of unbranched alkanes of at least 4 members (excludes halogenated alkanes) is 3. The van der Waals surface area contributed by atoms with E-state index in [0.717, 1.165) is 6.42 Å². The predicted molar refractivity (Wildman–Crippen MR) is 66.6 cm³/mol. The predicted octanol–water partition coefficient (Wildman–Crippen LogP) is 5.26. The number of hydrogen-bond donors (Lipinski definition) is 0. The van der Waals surface area contributed by atoms with E-state index in [1.165, 1.54) is 38.5 Å². The van der Waals surface area contributed by atoms with E-state index in [9.17, 15) is 0 Å². The van der Waals surface area contributed by atoms with Crippen molar-refractivity contribution in [1.82, 2.24) is 0 Å². The third kappa shape index (κ3) is 8.10. The Labute approximate surface area is 90.1 Å². The molecule has 0 saturated heterocycles. The molecule has 14 heavy (non-hydrogen) atoms. The van der Waals surface area contributed by atoms with Crippen LogP contribution in [0, 0.1) is 0 Å². The summed E-state index contributed by atoms with van der Waals surface area (Å²) in [5, 5.41) is 0. The summed E-state index contributed by atoms with van der Waals surface area (Å²) >= 11 is 0. The van der Waals surface area contributed by atoms with E-state index in [1.807, 2.05) is 0 Å². The molecule has 0 aromatic heterocycles. The van der Waals surface area contributed by atoms with E-state index < -0.39 is 0 Å². The molecule has 0 aliphatic rings. The molecular formula is C14H26. The van der Waals surface area contributed by atoms with Crippen LogP contribution in [0.25, 0.3) is 0 Å². The summed E-state index contributed by atoms with van der Waals surface area (Å²) in [6, 6.07) is 0. The highest BCUT2D eigenvalue weighted by Gasteiger charge is 1.93. The zero-order valence-corrected chi connectivity index (χ0v) is 10.2. The van der Waals surface area contributed by atoms with Gasteiger partial charge in [-0.2, -0.15) is 0 Å². The largest absolute Gasteiger partial charge is 0.0913 e. The first kappa shape index (κ1) is 13.5. The maximum absolute atomic E-state index is 2.46. The Bertz CT molecular complexity index is 163. The van der Waals surface area contributed by atoms with Gasteiger partial charge in [-0.3, -0.25) is 0 Å². The zero-order valence-electron chi connectivity index (χ0n) is 10.2. The van der Waals surface area contributed by atoms with E-state index in [1.54, 1.807) is 5.57 Å². The Morgan fingerprint density at radius 1 is 1.07 bits per heavy atom. The minimum Gasteiger partial charge on any atom is -0.0913 e. The van der Waals surface area contributed by atoms with Crippen molar-refractivity contribution in [3.8, 4) is 0 Å². The average Bonchev–Trinajstić information content (AvgIpc) is 2.20. The van der Waals surface area contributed by atoms with Crippen LogP contribution in [0.2, 0.25) is 0 Å². The summed E-state index contributed by atoms with van der Waals surface area (Å²) < 4.78 is 0. The lowest BCUT2D eigenvalue weighted by molar-refractivity contribution is 0.722. The molecule has 0 heterocycles. The Balaban J connectivity index is 3.78. The van der Waals surface area contributed by atoms with Gasteiger partial charge < -0.3 is 0 Å². The summed E-state index contributed by atoms with van der Waals surface area (Å²) in [6.45, 7) is 6.62. The minimum atomic E-state index is 1.16. The van der Waals surface area contributed by atoms with Crippen molar-refractivity contribution in [2.45, 2.75) is 65.7 Å². The molecule has 0 aliphatic heterocycles. The van der Waals surface area contributed by atoms with E-state index in [2.05, 4.69) is 39.0 Å². The smallest absolute Gasteiger partial charge is 0.0139 e. The third-order valence-electron chi connectivity index (χ3n) is 2.43. The van der Waals surface area contributed by atoms with Crippen molar-refractivity contribution < 1.29 is 0 Å². The topological polar surface area (TPSA) is 0 Å². The molecule has 0 amide bonds. The average molecular weight is 194 g/mol. The molecule has 0 saturated carbocycles. The van der Waals surface area contributed by atoms with Gasteiger partial charge >= 0.3 is 0 Å². The van der Waals surface area contributed by atoms with E-state index in [4.69, 9.17) is 0 Å². The second-order valence-corrected chi connectivity index (χ2v) is 3.88. The summed E-state index contributed by atoms with van der Waals surface area (Å²) in [5.41, 5.74) is 1.63. The van der Waals surface area contributed by atoms with Crippen molar-refractivity contribution in [1.29, 1.82) is 0 Å². The van der Waals surface area contributed by atoms with E-state index in [0.29, 0.717) is 0 Å². The van der Waals surface area contributed by atoms with Crippen LogP contribution in [0.4, 0.5) is 0 Å². The molecule has 0 fully saturated rings. The fraction of sp³-hybridized carbons (Fsp3) is 0.714. The summed E-state index contributed by atoms with van der Waals surface area (Å²) in [5.74, 6) is 0. The van der Waals surface area contributed by atoms with E-state index in [-0.39, 0.29) is 0 Å². The van der Waals surface area contributed by atoms with Crippen LogP contribution in [0.3, 0.4) is 0 Å². The molecule has 82 valence electrons. The number of allylic oxidation sites excluding steroid dienone is 4. The van der Waals surface area contributed by atoms with Crippen LogP contribution in [0.15, 0.2) is 23.8 Å². The van der Waals surface area contributed by atoms with Crippen LogP contribution >= 0.6 is 0 Å². The molecule has 0 heteroatoms. The molecule has 0 spiro atoms. The summed E-state index contributed by atoms with van der Waals surface area (Å²) in [4.78, 5) is 0. The second kappa shape index (κ2) is 10.6. The molecule has 0 atom stereocenters. The normalized spacial score (nSPS) is 12.6. The SMILES string of the molecule is CC=CCC(=CCCCCC)CCC. The second-order valence-electron chi connectivity index (χ2n) is 3.88. The molecule has 0 bridgehead atoms. The van der Waals surface area contributed by atoms with E-state index >= 15 is 0 Å². The quantitative estimate of drug-likeness (QED) is 0.365. The third-order valence-corrected chi connectivity index (χ3v) is 2.43. The standard InChI is InChI=1S/C14H26/c1-4-7-9-10-13-14(11-6-3)12-8-5-2/h5,8,13H,4,6-7,9-12H2,1-3H3. The lowest BCUT2D eigenvalue weighted by atomic mass is 10.0. The molecular weight excluding hydrogens is 168 g/mol. The number of hydrogen-bond acceptors (Lipinski definition) is 0. The lowest BCUT2D eigenvalue weighted by Crippen LogP contribution is -1.82. The molecule has 0 N–H and O–H groups in total. The minimum absolute atomic E-state index is 1.16. The first-order chi connectivity index (χ1) is 6.85. The van der Waals surface area contributed by atoms with Gasteiger partial charge in [-0.05, 0) is 32.6 Å². The van der Waals surface area contributed by atoms with Crippen molar-refractivity contribution in [2.75, 3.05) is 0 Å². The molecule has 0 unspecified atom stereocenters. The Hall–Kier alpha value is -0.520. The van der Waals surface area contributed by atoms with Gasteiger partial charge in [-0.25, -0.2) is 0 Å². The molecule has 0 rings (SSSR count). The van der Waals surface area contributed by atoms with Crippen LogP contribution in [0.1, 0.15) is 65.7 Å². The fourth-order valence-corrected chi connectivity index (χ4v) is 1.58. The van der Waals surface area contributed by atoms with Crippen LogP contribution < -0.4 is 0 Å². The highest BCUT2D eigenvalue weighted by molar-refractivity contribution is 5.07. The van der Waals surface area contributed by atoms with Crippen molar-refractivity contribution in [3.05, 3.63) is 23.8 Å². The molecule has 0 aromatic carbocycles. The lowest BCUT2D eigenvalue weighted by Gasteiger charge is -2.02. The van der Waals surface area contributed by atoms with Crippen LogP contribution in [-0.2, 0) is 0 Å². The van der Waals surface area contributed by atoms with Crippen molar-refractivity contribution >= 4 is 0 Å². The summed E-state index contributed by atoms with van der Waals surface area (Å²) in [6.07, 6.45) is 15.9. The molecule has 0 aliphatic carbocycles. The van der Waals surface area contributed by atoms with Crippen LogP contribution in [0.5, 0.6) is 0 Å². The number of rotatable bonds is 8. The Morgan fingerprint density at radius 2 is 1.86 bits per heavy atom. The zero-order chi connectivity index (χ0) is 10.6. The van der Waals surface area contributed by atoms with Gasteiger partial charge in [-0.1, -0.05) is 56.9 Å². The Morgan fingerprint density at radius 3 is 2.43 bits per heavy atom. The van der Waals surface area contributed by atoms with Crippen molar-refractivity contribution in [2.24, 2.45) is 0 Å². The molecule has 0 aromatic rings. The van der Waals surface area contributed by atoms with Gasteiger partial charge in [0.15, 0.2) is 0 Å². The fourth-order valence-electron chi connectivity index (χ4n) is 1.58. The van der Waals surface area contributed by atoms with Gasteiger partial charge in [0.05, 0.1) is 0 Å². The maximum atomic E-state index is 2.46. The first-order valence-corrected chi connectivity index (χ1v) is 6.14. The van der Waals surface area contributed by atoms with Gasteiger partial charge in [0.2, 0.25) is 0 Å².